The van der Waals surface area contributed by atoms with E-state index in [4.69, 9.17) is 21.8 Å². The molecule has 0 saturated carbocycles. The second kappa shape index (κ2) is 5.02. The first-order chi connectivity index (χ1) is 8.73. The zero-order valence-electron chi connectivity index (χ0n) is 9.38. The predicted molar refractivity (Wildman–Crippen MR) is 70.9 cm³/mol. The minimum absolute atomic E-state index is 0.00494. The molecule has 2 rings (SSSR count). The van der Waals surface area contributed by atoms with Crippen LogP contribution >= 0.6 is 27.5 Å². The topological polar surface area (TPSA) is 94.9 Å². The Labute approximate surface area is 122 Å². The minimum atomic E-state index is -3.81. The number of nitrogens with zero attached hydrogens (tertiary/aromatic N) is 1. The normalized spacial score (nSPS) is 17.2. The highest BCUT2D eigenvalue weighted by atomic mass is 79.9. The summed E-state index contributed by atoms with van der Waals surface area (Å²) in [5.41, 5.74) is -0.296. The highest BCUT2D eigenvalue weighted by molar-refractivity contribution is 9.10. The quantitative estimate of drug-likeness (QED) is 0.833. The second-order valence-corrected chi connectivity index (χ2v) is 7.22. The highest BCUT2D eigenvalue weighted by Gasteiger charge is 2.36. The molecule has 6 nitrogen and oxygen atoms in total. The zero-order valence-corrected chi connectivity index (χ0v) is 12.5. The standard InChI is InChI=1S/C10H9BrClNO5S/c11-8-2-6(1-7(9(8)12)10(15)16)19(17,18)13-3-5(14)4-13/h1-2,5,14H,3-4H2,(H,15,16). The summed E-state index contributed by atoms with van der Waals surface area (Å²) in [7, 11) is -3.81. The summed E-state index contributed by atoms with van der Waals surface area (Å²) in [5, 5.41) is 18.1. The zero-order chi connectivity index (χ0) is 14.4. The molecule has 1 fully saturated rings. The van der Waals surface area contributed by atoms with E-state index in [1.54, 1.807) is 0 Å². The third kappa shape index (κ3) is 2.63. The van der Waals surface area contributed by atoms with Gasteiger partial charge in [0, 0.05) is 17.6 Å². The molecule has 0 aliphatic carbocycles. The van der Waals surface area contributed by atoms with Crippen molar-refractivity contribution in [3.05, 3.63) is 27.2 Å². The smallest absolute Gasteiger partial charge is 0.337 e. The summed E-state index contributed by atoms with van der Waals surface area (Å²) in [6.45, 7) is 0.00989. The van der Waals surface area contributed by atoms with Gasteiger partial charge in [-0.25, -0.2) is 13.2 Å². The van der Waals surface area contributed by atoms with E-state index in [1.165, 1.54) is 6.07 Å². The van der Waals surface area contributed by atoms with Crippen LogP contribution in [-0.4, -0.2) is 48.1 Å². The molecule has 0 radical (unpaired) electrons. The van der Waals surface area contributed by atoms with Crippen molar-refractivity contribution in [2.75, 3.05) is 13.1 Å². The van der Waals surface area contributed by atoms with E-state index in [0.29, 0.717) is 0 Å². The lowest BCUT2D eigenvalue weighted by molar-refractivity contribution is 0.0547. The number of hydrogen-bond donors (Lipinski definition) is 2. The van der Waals surface area contributed by atoms with E-state index in [9.17, 15) is 13.2 Å². The fourth-order valence-electron chi connectivity index (χ4n) is 1.63. The number of sulfonamides is 1. The molecule has 0 atom stereocenters. The summed E-state index contributed by atoms with van der Waals surface area (Å²) in [6.07, 6.45) is -0.676. The van der Waals surface area contributed by atoms with Gasteiger partial charge in [-0.05, 0) is 28.1 Å². The van der Waals surface area contributed by atoms with Crippen LogP contribution in [0.4, 0.5) is 0 Å². The van der Waals surface area contributed by atoms with Crippen molar-refractivity contribution < 1.29 is 23.4 Å². The van der Waals surface area contributed by atoms with Crippen molar-refractivity contribution >= 4 is 43.5 Å². The van der Waals surface area contributed by atoms with Gasteiger partial charge in [-0.3, -0.25) is 0 Å². The van der Waals surface area contributed by atoms with Crippen LogP contribution in [0.3, 0.4) is 0 Å². The van der Waals surface area contributed by atoms with E-state index in [1.807, 2.05) is 0 Å². The van der Waals surface area contributed by atoms with Crippen LogP contribution < -0.4 is 0 Å². The molecular weight excluding hydrogens is 362 g/mol. The molecule has 0 spiro atoms. The highest BCUT2D eigenvalue weighted by Crippen LogP contribution is 2.32. The number of carbonyl (C=O) groups is 1. The monoisotopic (exact) mass is 369 g/mol. The molecule has 1 aromatic carbocycles. The van der Waals surface area contributed by atoms with Crippen LogP contribution in [-0.2, 0) is 10.0 Å². The molecule has 1 aliphatic rings. The van der Waals surface area contributed by atoms with E-state index < -0.39 is 22.1 Å². The number of carboxylic acid groups (broad SMARTS) is 1. The van der Waals surface area contributed by atoms with E-state index in [-0.39, 0.29) is 33.0 Å². The first kappa shape index (κ1) is 14.7. The van der Waals surface area contributed by atoms with Crippen LogP contribution in [0, 0.1) is 0 Å². The average molecular weight is 371 g/mol. The van der Waals surface area contributed by atoms with Gasteiger partial charge in [0.05, 0.1) is 21.6 Å². The molecule has 0 aromatic heterocycles. The Hall–Kier alpha value is -0.670. The molecule has 19 heavy (non-hydrogen) atoms. The lowest BCUT2D eigenvalue weighted by Gasteiger charge is -2.34. The molecule has 2 N–H and O–H groups in total. The third-order valence-corrected chi connectivity index (χ3v) is 5.77. The van der Waals surface area contributed by atoms with E-state index >= 15 is 0 Å². The predicted octanol–water partition coefficient (Wildman–Crippen LogP) is 1.17. The number of aliphatic hydroxyl groups excluding tert-OH is 1. The maximum absolute atomic E-state index is 12.2. The van der Waals surface area contributed by atoms with Gasteiger partial charge in [0.25, 0.3) is 0 Å². The van der Waals surface area contributed by atoms with Gasteiger partial charge in [-0.15, -0.1) is 0 Å². The Balaban J connectivity index is 2.49. The molecule has 0 unspecified atom stereocenters. The molecule has 1 heterocycles. The van der Waals surface area contributed by atoms with E-state index in [0.717, 1.165) is 10.4 Å². The molecule has 1 aliphatic heterocycles. The van der Waals surface area contributed by atoms with Crippen LogP contribution in [0.15, 0.2) is 21.5 Å². The maximum Gasteiger partial charge on any atom is 0.337 e. The fraction of sp³-hybridized carbons (Fsp3) is 0.300. The Morgan fingerprint density at radius 1 is 1.42 bits per heavy atom. The molecule has 0 amide bonds. The van der Waals surface area contributed by atoms with Gasteiger partial charge in [0.1, 0.15) is 0 Å². The molecular formula is C10H9BrClNO5S. The number of β-amino-alcohol motifs (C(OH)–C–C–N with tert-alkyl or cyclic N) is 1. The minimum Gasteiger partial charge on any atom is -0.478 e. The van der Waals surface area contributed by atoms with Crippen molar-refractivity contribution in [1.82, 2.24) is 4.31 Å². The largest absolute Gasteiger partial charge is 0.478 e. The summed E-state index contributed by atoms with van der Waals surface area (Å²) in [5.74, 6) is -1.31. The second-order valence-electron chi connectivity index (χ2n) is 4.05. The average Bonchev–Trinajstić information content (AvgIpc) is 2.27. The lowest BCUT2D eigenvalue weighted by Crippen LogP contribution is -2.53. The molecule has 1 saturated heterocycles. The lowest BCUT2D eigenvalue weighted by atomic mass is 10.2. The van der Waals surface area contributed by atoms with Gasteiger partial charge in [0.15, 0.2) is 0 Å². The number of rotatable bonds is 3. The number of carboxylic acids is 1. The number of halogens is 2. The van der Waals surface area contributed by atoms with Gasteiger partial charge < -0.3 is 10.2 Å². The van der Waals surface area contributed by atoms with Crippen molar-refractivity contribution in [3.63, 3.8) is 0 Å². The first-order valence-corrected chi connectivity index (χ1v) is 7.75. The molecule has 104 valence electrons. The van der Waals surface area contributed by atoms with Crippen LogP contribution in [0.5, 0.6) is 0 Å². The van der Waals surface area contributed by atoms with Gasteiger partial charge in [-0.1, -0.05) is 11.6 Å². The Kier molecular flexibility index (Phi) is 3.90. The molecule has 9 heteroatoms. The van der Waals surface area contributed by atoms with Crippen LogP contribution in [0.25, 0.3) is 0 Å². The van der Waals surface area contributed by atoms with Gasteiger partial charge >= 0.3 is 5.97 Å². The molecule has 0 bridgehead atoms. The Morgan fingerprint density at radius 3 is 2.47 bits per heavy atom. The fourth-order valence-corrected chi connectivity index (χ4v) is 4.00. The Bertz CT molecular complexity index is 642. The summed E-state index contributed by atoms with van der Waals surface area (Å²) >= 11 is 8.82. The number of hydrogen-bond acceptors (Lipinski definition) is 4. The van der Waals surface area contributed by atoms with Gasteiger partial charge in [0.2, 0.25) is 10.0 Å². The van der Waals surface area contributed by atoms with Crippen molar-refractivity contribution in [2.45, 2.75) is 11.0 Å². The number of benzene rings is 1. The van der Waals surface area contributed by atoms with Crippen LogP contribution in [0.1, 0.15) is 10.4 Å². The van der Waals surface area contributed by atoms with Crippen molar-refractivity contribution in [2.24, 2.45) is 0 Å². The van der Waals surface area contributed by atoms with Crippen LogP contribution in [0.2, 0.25) is 5.02 Å². The number of aliphatic hydroxyl groups is 1. The molecule has 1 aromatic rings. The third-order valence-electron chi connectivity index (χ3n) is 2.70. The SMILES string of the molecule is O=C(O)c1cc(S(=O)(=O)N2CC(O)C2)cc(Br)c1Cl. The summed E-state index contributed by atoms with van der Waals surface area (Å²) < 4.78 is 25.6. The maximum atomic E-state index is 12.2. The number of aromatic carboxylic acids is 1. The summed E-state index contributed by atoms with van der Waals surface area (Å²) in [4.78, 5) is 10.8. The van der Waals surface area contributed by atoms with Gasteiger partial charge in [-0.2, -0.15) is 4.31 Å². The first-order valence-electron chi connectivity index (χ1n) is 5.14. The van der Waals surface area contributed by atoms with E-state index in [2.05, 4.69) is 15.9 Å². The Morgan fingerprint density at radius 2 is 2.00 bits per heavy atom. The summed E-state index contributed by atoms with van der Waals surface area (Å²) in [6, 6.07) is 2.25. The van der Waals surface area contributed by atoms with Crippen molar-refractivity contribution in [3.8, 4) is 0 Å². The van der Waals surface area contributed by atoms with Crippen molar-refractivity contribution in [1.29, 1.82) is 0 Å².